The number of nitrogens with two attached hydrogens (primary N) is 1. The maximum Gasteiger partial charge on any atom is 0.260 e. The van der Waals surface area contributed by atoms with Crippen molar-refractivity contribution in [3.63, 3.8) is 0 Å². The lowest BCUT2D eigenvalue weighted by molar-refractivity contribution is 0.355. The molecule has 0 aliphatic rings. The summed E-state index contributed by atoms with van der Waals surface area (Å²) in [6.45, 7) is 4.01. The van der Waals surface area contributed by atoms with Crippen molar-refractivity contribution in [3.8, 4) is 17.2 Å². The molecule has 0 aliphatic heterocycles. The predicted molar refractivity (Wildman–Crippen MR) is 82.5 cm³/mol. The lowest BCUT2D eigenvalue weighted by atomic mass is 10.1. The molecule has 0 saturated carbocycles. The lowest BCUT2D eigenvalue weighted by Crippen LogP contribution is -2.27. The van der Waals surface area contributed by atoms with Gasteiger partial charge in [-0.25, -0.2) is 0 Å². The van der Waals surface area contributed by atoms with Gasteiger partial charge in [-0.05, 0) is 37.6 Å². The SMILES string of the molecule is COc1ccc(-n2c(C)cc(C)c(CN)c2=O)cc1OC. The monoisotopic (exact) mass is 288 g/mol. The van der Waals surface area contributed by atoms with Crippen LogP contribution >= 0.6 is 0 Å². The van der Waals surface area contributed by atoms with E-state index in [1.807, 2.05) is 26.0 Å². The molecule has 0 amide bonds. The normalized spacial score (nSPS) is 10.5. The van der Waals surface area contributed by atoms with Gasteiger partial charge in [0.15, 0.2) is 11.5 Å². The number of pyridine rings is 1. The summed E-state index contributed by atoms with van der Waals surface area (Å²) in [7, 11) is 3.14. The van der Waals surface area contributed by atoms with Crippen LogP contribution in [0, 0.1) is 13.8 Å². The summed E-state index contributed by atoms with van der Waals surface area (Å²) in [5.41, 5.74) is 8.71. The maximum absolute atomic E-state index is 12.6. The lowest BCUT2D eigenvalue weighted by Gasteiger charge is -2.15. The highest BCUT2D eigenvalue weighted by molar-refractivity contribution is 5.50. The van der Waals surface area contributed by atoms with E-state index in [9.17, 15) is 4.79 Å². The van der Waals surface area contributed by atoms with Crippen LogP contribution < -0.4 is 20.8 Å². The van der Waals surface area contributed by atoms with Crippen LogP contribution in [0.4, 0.5) is 0 Å². The number of hydrogen-bond donors (Lipinski definition) is 1. The first-order chi connectivity index (χ1) is 10.0. The van der Waals surface area contributed by atoms with E-state index in [2.05, 4.69) is 0 Å². The van der Waals surface area contributed by atoms with Gasteiger partial charge in [0.05, 0.1) is 19.9 Å². The molecule has 0 aliphatic carbocycles. The number of benzene rings is 1. The van der Waals surface area contributed by atoms with E-state index in [1.165, 1.54) is 0 Å². The smallest absolute Gasteiger partial charge is 0.260 e. The molecule has 5 nitrogen and oxygen atoms in total. The number of methoxy groups -OCH3 is 2. The minimum Gasteiger partial charge on any atom is -0.493 e. The Morgan fingerprint density at radius 3 is 2.33 bits per heavy atom. The van der Waals surface area contributed by atoms with Crippen molar-refractivity contribution in [2.75, 3.05) is 14.2 Å². The van der Waals surface area contributed by atoms with Crippen LogP contribution in [0.2, 0.25) is 0 Å². The molecule has 0 spiro atoms. The molecule has 1 aromatic carbocycles. The Kier molecular flexibility index (Phi) is 4.33. The predicted octanol–water partition coefficient (Wildman–Crippen LogP) is 1.93. The Bertz CT molecular complexity index is 720. The Hall–Kier alpha value is -2.27. The van der Waals surface area contributed by atoms with Gasteiger partial charge in [0, 0.05) is 23.9 Å². The van der Waals surface area contributed by atoms with Gasteiger partial charge in [0.25, 0.3) is 5.56 Å². The first-order valence-corrected chi connectivity index (χ1v) is 6.68. The molecule has 2 N–H and O–H groups in total. The Balaban J connectivity index is 2.70. The van der Waals surface area contributed by atoms with Gasteiger partial charge in [-0.1, -0.05) is 0 Å². The molecular weight excluding hydrogens is 268 g/mol. The van der Waals surface area contributed by atoms with Crippen LogP contribution in [0.25, 0.3) is 5.69 Å². The van der Waals surface area contributed by atoms with Crippen molar-refractivity contribution < 1.29 is 9.47 Å². The number of ether oxygens (including phenoxy) is 2. The molecule has 5 heteroatoms. The minimum atomic E-state index is -0.0952. The number of hydrogen-bond acceptors (Lipinski definition) is 4. The van der Waals surface area contributed by atoms with Gasteiger partial charge in [-0.3, -0.25) is 9.36 Å². The first kappa shape index (κ1) is 15.1. The summed E-state index contributed by atoms with van der Waals surface area (Å²) in [5, 5.41) is 0. The number of aromatic nitrogens is 1. The molecule has 1 aromatic heterocycles. The van der Waals surface area contributed by atoms with Gasteiger partial charge >= 0.3 is 0 Å². The fourth-order valence-electron chi connectivity index (χ4n) is 2.46. The third kappa shape index (κ3) is 2.64. The second kappa shape index (κ2) is 6.01. The highest BCUT2D eigenvalue weighted by Crippen LogP contribution is 2.29. The minimum absolute atomic E-state index is 0.0952. The first-order valence-electron chi connectivity index (χ1n) is 6.68. The standard InChI is InChI=1S/C16H20N2O3/c1-10-7-11(2)18(16(19)13(10)9-17)12-5-6-14(20-3)15(8-12)21-4/h5-8H,9,17H2,1-4H3. The van der Waals surface area contributed by atoms with Gasteiger partial charge in [-0.15, -0.1) is 0 Å². The van der Waals surface area contributed by atoms with Gasteiger partial charge < -0.3 is 15.2 Å². The van der Waals surface area contributed by atoms with Gasteiger partial charge in [-0.2, -0.15) is 0 Å². The summed E-state index contributed by atoms with van der Waals surface area (Å²) in [6.07, 6.45) is 0. The third-order valence-electron chi connectivity index (χ3n) is 3.54. The van der Waals surface area contributed by atoms with Crippen molar-refractivity contribution in [2.24, 2.45) is 5.73 Å². The van der Waals surface area contributed by atoms with Crippen LogP contribution in [0.3, 0.4) is 0 Å². The molecule has 0 fully saturated rings. The molecule has 112 valence electrons. The molecule has 0 atom stereocenters. The Morgan fingerprint density at radius 1 is 1.10 bits per heavy atom. The molecule has 1 heterocycles. The van der Waals surface area contributed by atoms with E-state index < -0.39 is 0 Å². The fourth-order valence-corrected chi connectivity index (χ4v) is 2.46. The maximum atomic E-state index is 12.6. The van der Waals surface area contributed by atoms with E-state index in [0.717, 1.165) is 16.9 Å². The van der Waals surface area contributed by atoms with Crippen molar-refractivity contribution in [2.45, 2.75) is 20.4 Å². The molecule has 2 rings (SSSR count). The van der Waals surface area contributed by atoms with E-state index in [-0.39, 0.29) is 12.1 Å². The summed E-state index contributed by atoms with van der Waals surface area (Å²) < 4.78 is 12.1. The molecule has 0 unspecified atom stereocenters. The van der Waals surface area contributed by atoms with Crippen LogP contribution in [-0.4, -0.2) is 18.8 Å². The summed E-state index contributed by atoms with van der Waals surface area (Å²) in [4.78, 5) is 12.6. The van der Waals surface area contributed by atoms with Crippen molar-refractivity contribution >= 4 is 0 Å². The number of aryl methyl sites for hydroxylation is 2. The summed E-state index contributed by atoms with van der Waals surface area (Å²) in [6, 6.07) is 7.34. The quantitative estimate of drug-likeness (QED) is 0.933. The van der Waals surface area contributed by atoms with Gasteiger partial charge in [0.2, 0.25) is 0 Å². The highest BCUT2D eigenvalue weighted by Gasteiger charge is 2.13. The Morgan fingerprint density at radius 2 is 1.76 bits per heavy atom. The number of rotatable bonds is 4. The molecule has 0 saturated heterocycles. The van der Waals surface area contributed by atoms with Crippen LogP contribution in [0.5, 0.6) is 11.5 Å². The van der Waals surface area contributed by atoms with Crippen LogP contribution in [0.1, 0.15) is 16.8 Å². The van der Waals surface area contributed by atoms with E-state index in [4.69, 9.17) is 15.2 Å². The summed E-state index contributed by atoms with van der Waals surface area (Å²) >= 11 is 0. The van der Waals surface area contributed by atoms with E-state index in [1.54, 1.807) is 30.9 Å². The second-order valence-corrected chi connectivity index (χ2v) is 4.83. The fraction of sp³-hybridized carbons (Fsp3) is 0.312. The molecule has 0 radical (unpaired) electrons. The molecule has 0 bridgehead atoms. The van der Waals surface area contributed by atoms with Crippen molar-refractivity contribution in [3.05, 3.63) is 51.4 Å². The Labute approximate surface area is 123 Å². The topological polar surface area (TPSA) is 66.5 Å². The molecular formula is C16H20N2O3. The van der Waals surface area contributed by atoms with Crippen LogP contribution in [-0.2, 0) is 6.54 Å². The molecule has 2 aromatic rings. The zero-order chi connectivity index (χ0) is 15.6. The van der Waals surface area contributed by atoms with Gasteiger partial charge in [0.1, 0.15) is 0 Å². The zero-order valence-corrected chi connectivity index (χ0v) is 12.8. The average Bonchev–Trinajstić information content (AvgIpc) is 2.47. The largest absolute Gasteiger partial charge is 0.493 e. The molecule has 21 heavy (non-hydrogen) atoms. The number of nitrogens with zero attached hydrogens (tertiary/aromatic N) is 1. The van der Waals surface area contributed by atoms with E-state index >= 15 is 0 Å². The summed E-state index contributed by atoms with van der Waals surface area (Å²) in [5.74, 6) is 1.20. The van der Waals surface area contributed by atoms with Crippen LogP contribution in [0.15, 0.2) is 29.1 Å². The van der Waals surface area contributed by atoms with E-state index in [0.29, 0.717) is 17.1 Å². The van der Waals surface area contributed by atoms with Crippen molar-refractivity contribution in [1.82, 2.24) is 4.57 Å². The van der Waals surface area contributed by atoms with Crippen molar-refractivity contribution in [1.29, 1.82) is 0 Å². The zero-order valence-electron chi connectivity index (χ0n) is 12.8. The third-order valence-corrected chi connectivity index (χ3v) is 3.54. The highest BCUT2D eigenvalue weighted by atomic mass is 16.5. The second-order valence-electron chi connectivity index (χ2n) is 4.83. The average molecular weight is 288 g/mol.